The lowest BCUT2D eigenvalue weighted by molar-refractivity contribution is -0.0979. The van der Waals surface area contributed by atoms with Crippen LogP contribution in [0.2, 0.25) is 5.82 Å². The Balaban J connectivity index is 2.17. The molecule has 3 rings (SSSR count). The third-order valence-electron chi connectivity index (χ3n) is 4.41. The maximum atomic E-state index is 6.02. The highest BCUT2D eigenvalue weighted by Crippen LogP contribution is 2.63. The van der Waals surface area contributed by atoms with Gasteiger partial charge in [-0.15, -0.1) is 0 Å². The number of rotatable bonds is 0. The van der Waals surface area contributed by atoms with Gasteiger partial charge < -0.3 is 0 Å². The molecule has 4 atom stereocenters. The van der Waals surface area contributed by atoms with Crippen molar-refractivity contribution in [1.82, 2.24) is 0 Å². The molecule has 1 heteroatoms. The summed E-state index contributed by atoms with van der Waals surface area (Å²) < 4.78 is 0. The Morgan fingerprint density at radius 2 is 1.91 bits per heavy atom. The zero-order chi connectivity index (χ0) is 8.22. The Kier molecular flexibility index (Phi) is 1.44. The van der Waals surface area contributed by atoms with Gasteiger partial charge in [-0.1, -0.05) is 33.0 Å². The summed E-state index contributed by atoms with van der Waals surface area (Å²) in [5.41, 5.74) is 0.606. The monoisotopic (exact) mass is 148 g/mol. The van der Waals surface area contributed by atoms with Crippen LogP contribution in [-0.2, 0) is 0 Å². The maximum absolute atomic E-state index is 6.02. The van der Waals surface area contributed by atoms with E-state index in [1.165, 1.54) is 12.8 Å². The molecule has 0 nitrogen and oxygen atoms in total. The molecule has 0 saturated heterocycles. The van der Waals surface area contributed by atoms with Crippen LogP contribution in [-0.4, -0.2) is 7.85 Å². The molecule has 0 spiro atoms. The van der Waals surface area contributed by atoms with Gasteiger partial charge in [-0.3, -0.25) is 0 Å². The molecule has 2 radical (unpaired) electrons. The molecule has 3 aliphatic rings. The van der Waals surface area contributed by atoms with Gasteiger partial charge in [0.1, 0.15) is 0 Å². The fraction of sp³-hybridized carbons (Fsp3) is 1.00. The average Bonchev–Trinajstić information content (AvgIpc) is 1.93. The van der Waals surface area contributed by atoms with E-state index in [4.69, 9.17) is 7.85 Å². The fourth-order valence-electron chi connectivity index (χ4n) is 3.19. The predicted molar refractivity (Wildman–Crippen MR) is 48.7 cm³/mol. The van der Waals surface area contributed by atoms with Crippen LogP contribution in [0.3, 0.4) is 0 Å². The highest BCUT2D eigenvalue weighted by Gasteiger charge is 2.54. The van der Waals surface area contributed by atoms with Crippen molar-refractivity contribution in [2.24, 2.45) is 23.2 Å². The summed E-state index contributed by atoms with van der Waals surface area (Å²) >= 11 is 0. The normalized spacial score (nSPS) is 53.4. The van der Waals surface area contributed by atoms with E-state index in [0.717, 1.165) is 17.8 Å². The van der Waals surface area contributed by atoms with Crippen LogP contribution in [0.25, 0.3) is 0 Å². The molecule has 0 N–H and O–H groups in total. The highest BCUT2D eigenvalue weighted by atomic mass is 14.6. The van der Waals surface area contributed by atoms with E-state index in [2.05, 4.69) is 20.8 Å². The third kappa shape index (κ3) is 0.831. The van der Waals surface area contributed by atoms with Crippen LogP contribution in [0.1, 0.15) is 33.6 Å². The molecule has 0 aromatic rings. The van der Waals surface area contributed by atoms with Gasteiger partial charge in [0.05, 0.1) is 7.85 Å². The smallest absolute Gasteiger partial charge is 0.0703 e. The lowest BCUT2D eigenvalue weighted by atomic mass is 9.41. The Morgan fingerprint density at radius 1 is 1.27 bits per heavy atom. The van der Waals surface area contributed by atoms with Gasteiger partial charge in [0.25, 0.3) is 0 Å². The van der Waals surface area contributed by atoms with Gasteiger partial charge in [-0.05, 0) is 29.6 Å². The summed E-state index contributed by atoms with van der Waals surface area (Å²) in [5.74, 6) is 3.09. The SMILES string of the molecule is [B][C@@H]1CC2CC([C@@H]1C)C2(C)C. The second-order valence-electron chi connectivity index (χ2n) is 5.12. The minimum absolute atomic E-state index is 0.492. The number of hydrogen-bond acceptors (Lipinski definition) is 0. The summed E-state index contributed by atoms with van der Waals surface area (Å²) in [4.78, 5) is 0. The molecule has 3 saturated carbocycles. The van der Waals surface area contributed by atoms with Crippen molar-refractivity contribution in [3.05, 3.63) is 0 Å². The minimum atomic E-state index is 0.492. The number of fused-ring (bicyclic) bond motifs is 2. The van der Waals surface area contributed by atoms with E-state index in [1.54, 1.807) is 0 Å². The first-order valence-electron chi connectivity index (χ1n) is 4.79. The molecule has 0 aromatic carbocycles. The molecule has 3 fully saturated rings. The van der Waals surface area contributed by atoms with Crippen LogP contribution >= 0.6 is 0 Å². The van der Waals surface area contributed by atoms with Gasteiger partial charge in [-0.2, -0.15) is 0 Å². The van der Waals surface area contributed by atoms with Gasteiger partial charge in [0.2, 0.25) is 0 Å². The van der Waals surface area contributed by atoms with E-state index < -0.39 is 0 Å². The van der Waals surface area contributed by atoms with E-state index in [9.17, 15) is 0 Å². The molecule has 60 valence electrons. The van der Waals surface area contributed by atoms with Crippen LogP contribution < -0.4 is 0 Å². The van der Waals surface area contributed by atoms with Crippen LogP contribution in [0.4, 0.5) is 0 Å². The second kappa shape index (κ2) is 2.05. The zero-order valence-corrected chi connectivity index (χ0v) is 7.80. The molecular formula is C10H17B. The van der Waals surface area contributed by atoms with Crippen molar-refractivity contribution in [2.75, 3.05) is 0 Å². The van der Waals surface area contributed by atoms with Crippen LogP contribution in [0.5, 0.6) is 0 Å². The first-order chi connectivity index (χ1) is 5.03. The summed E-state index contributed by atoms with van der Waals surface area (Å²) in [7, 11) is 6.02. The summed E-state index contributed by atoms with van der Waals surface area (Å²) in [6, 6.07) is 0. The topological polar surface area (TPSA) is 0 Å². The maximum Gasteiger partial charge on any atom is 0.0703 e. The van der Waals surface area contributed by atoms with Crippen molar-refractivity contribution in [2.45, 2.75) is 39.4 Å². The Morgan fingerprint density at radius 3 is 2.27 bits per heavy atom. The standard InChI is InChI=1S/C10H17B/c1-6-8-4-7(5-9(6)11)10(8,2)3/h6-9H,4-5H2,1-3H3/t6-,7?,8?,9+/m0/s1. The van der Waals surface area contributed by atoms with E-state index in [1.807, 2.05) is 0 Å². The van der Waals surface area contributed by atoms with Gasteiger partial charge in [-0.25, -0.2) is 0 Å². The Labute approximate surface area is 71.2 Å². The van der Waals surface area contributed by atoms with Crippen molar-refractivity contribution >= 4 is 7.85 Å². The first kappa shape index (κ1) is 7.70. The molecule has 0 aromatic heterocycles. The zero-order valence-electron chi connectivity index (χ0n) is 7.80. The van der Waals surface area contributed by atoms with Crippen molar-refractivity contribution < 1.29 is 0 Å². The Bertz CT molecular complexity index is 174. The van der Waals surface area contributed by atoms with Crippen molar-refractivity contribution in [1.29, 1.82) is 0 Å². The first-order valence-corrected chi connectivity index (χ1v) is 4.79. The fourth-order valence-corrected chi connectivity index (χ4v) is 3.19. The lowest BCUT2D eigenvalue weighted by Crippen LogP contribution is -2.53. The lowest BCUT2D eigenvalue weighted by Gasteiger charge is -2.62. The molecule has 0 amide bonds. The molecule has 3 aliphatic carbocycles. The average molecular weight is 148 g/mol. The molecule has 0 aliphatic heterocycles. The summed E-state index contributed by atoms with van der Waals surface area (Å²) in [5, 5.41) is 0. The van der Waals surface area contributed by atoms with E-state index >= 15 is 0 Å². The van der Waals surface area contributed by atoms with Crippen LogP contribution in [0.15, 0.2) is 0 Å². The largest absolute Gasteiger partial charge is 0.0743 e. The molecule has 2 bridgehead atoms. The van der Waals surface area contributed by atoms with Crippen LogP contribution in [0, 0.1) is 23.2 Å². The predicted octanol–water partition coefficient (Wildman–Crippen LogP) is 2.65. The molecule has 2 unspecified atom stereocenters. The summed E-state index contributed by atoms with van der Waals surface area (Å²) in [6.45, 7) is 7.15. The molecular weight excluding hydrogens is 131 g/mol. The van der Waals surface area contributed by atoms with Gasteiger partial charge >= 0.3 is 0 Å². The second-order valence-corrected chi connectivity index (χ2v) is 5.12. The van der Waals surface area contributed by atoms with Crippen molar-refractivity contribution in [3.63, 3.8) is 0 Å². The Hall–Kier alpha value is 0.0649. The molecule has 0 heterocycles. The van der Waals surface area contributed by atoms with Gasteiger partial charge in [0.15, 0.2) is 0 Å². The summed E-state index contributed by atoms with van der Waals surface area (Å²) in [6.07, 6.45) is 2.71. The van der Waals surface area contributed by atoms with Crippen molar-refractivity contribution in [3.8, 4) is 0 Å². The molecule has 11 heavy (non-hydrogen) atoms. The highest BCUT2D eigenvalue weighted by molar-refractivity contribution is 6.12. The van der Waals surface area contributed by atoms with E-state index in [-0.39, 0.29) is 0 Å². The minimum Gasteiger partial charge on any atom is -0.0743 e. The van der Waals surface area contributed by atoms with E-state index in [0.29, 0.717) is 11.2 Å². The van der Waals surface area contributed by atoms with Gasteiger partial charge in [0, 0.05) is 0 Å². The number of hydrogen-bond donors (Lipinski definition) is 0. The quantitative estimate of drug-likeness (QED) is 0.463. The third-order valence-corrected chi connectivity index (χ3v) is 4.41.